The minimum atomic E-state index is -0.117. The van der Waals surface area contributed by atoms with Gasteiger partial charge in [0, 0.05) is 41.5 Å². The van der Waals surface area contributed by atoms with Crippen molar-refractivity contribution in [3.8, 4) is 5.75 Å². The van der Waals surface area contributed by atoms with E-state index in [1.165, 1.54) is 0 Å². The van der Waals surface area contributed by atoms with Crippen LogP contribution < -0.4 is 15.0 Å². The summed E-state index contributed by atoms with van der Waals surface area (Å²) in [4.78, 5) is 27.8. The summed E-state index contributed by atoms with van der Waals surface area (Å²) in [6, 6.07) is 12.8. The van der Waals surface area contributed by atoms with E-state index in [4.69, 9.17) is 16.3 Å². The standard InChI is InChI=1S/C21H24ClN3O3/c1-24(13-15-12-16(22)5-10-19(15)28-2)14-20(26)23-17-6-8-18(9-7-17)25-11-3-4-21(25)27/h5-10,12H,3-4,11,13-14H2,1-2H3,(H,23,26). The molecular weight excluding hydrogens is 378 g/mol. The van der Waals surface area contributed by atoms with E-state index in [-0.39, 0.29) is 18.4 Å². The molecule has 28 heavy (non-hydrogen) atoms. The normalized spacial score (nSPS) is 13.9. The molecule has 1 aliphatic rings. The lowest BCUT2D eigenvalue weighted by atomic mass is 10.2. The predicted octanol–water partition coefficient (Wildman–Crippen LogP) is 3.55. The molecule has 1 saturated heterocycles. The van der Waals surface area contributed by atoms with Crippen molar-refractivity contribution in [3.05, 3.63) is 53.1 Å². The minimum Gasteiger partial charge on any atom is -0.496 e. The molecular formula is C21H24ClN3O3. The van der Waals surface area contributed by atoms with Gasteiger partial charge in [0.2, 0.25) is 11.8 Å². The second-order valence-electron chi connectivity index (χ2n) is 6.87. The van der Waals surface area contributed by atoms with Crippen LogP contribution in [0.2, 0.25) is 5.02 Å². The summed E-state index contributed by atoms with van der Waals surface area (Å²) >= 11 is 6.06. The number of rotatable bonds is 7. The number of halogens is 1. The Morgan fingerprint density at radius 1 is 1.25 bits per heavy atom. The van der Waals surface area contributed by atoms with Gasteiger partial charge in [-0.05, 0) is 55.9 Å². The molecule has 1 heterocycles. The molecule has 3 rings (SSSR count). The Hall–Kier alpha value is -2.57. The molecule has 6 nitrogen and oxygen atoms in total. The Morgan fingerprint density at radius 3 is 2.64 bits per heavy atom. The van der Waals surface area contributed by atoms with Crippen molar-refractivity contribution >= 4 is 34.8 Å². The summed E-state index contributed by atoms with van der Waals surface area (Å²) in [6.07, 6.45) is 1.49. The van der Waals surface area contributed by atoms with Gasteiger partial charge in [-0.2, -0.15) is 0 Å². The van der Waals surface area contributed by atoms with Crippen LogP contribution in [0.3, 0.4) is 0 Å². The van der Waals surface area contributed by atoms with Crippen LogP contribution in [0, 0.1) is 0 Å². The molecule has 0 bridgehead atoms. The Labute approximate surface area is 170 Å². The van der Waals surface area contributed by atoms with Crippen LogP contribution in [0.5, 0.6) is 5.75 Å². The molecule has 1 fully saturated rings. The number of likely N-dealkylation sites (N-methyl/N-ethyl adjacent to an activating group) is 1. The Kier molecular flexibility index (Phi) is 6.54. The number of carbonyl (C=O) groups is 2. The van der Waals surface area contributed by atoms with Gasteiger partial charge in [0.05, 0.1) is 13.7 Å². The molecule has 2 amide bonds. The molecule has 0 spiro atoms. The number of amides is 2. The molecule has 0 radical (unpaired) electrons. The molecule has 0 aliphatic carbocycles. The van der Waals surface area contributed by atoms with Gasteiger partial charge in [-0.3, -0.25) is 14.5 Å². The lowest BCUT2D eigenvalue weighted by molar-refractivity contribution is -0.117. The van der Waals surface area contributed by atoms with Gasteiger partial charge in [0.15, 0.2) is 0 Å². The van der Waals surface area contributed by atoms with Crippen molar-refractivity contribution in [1.29, 1.82) is 0 Å². The van der Waals surface area contributed by atoms with E-state index < -0.39 is 0 Å². The van der Waals surface area contributed by atoms with Crippen molar-refractivity contribution < 1.29 is 14.3 Å². The van der Waals surface area contributed by atoms with Gasteiger partial charge in [-0.25, -0.2) is 0 Å². The van der Waals surface area contributed by atoms with Crippen LogP contribution in [0.25, 0.3) is 0 Å². The van der Waals surface area contributed by atoms with Gasteiger partial charge >= 0.3 is 0 Å². The lowest BCUT2D eigenvalue weighted by Crippen LogP contribution is -2.30. The van der Waals surface area contributed by atoms with Crippen molar-refractivity contribution in [2.24, 2.45) is 0 Å². The number of anilines is 2. The molecule has 1 aliphatic heterocycles. The van der Waals surface area contributed by atoms with Crippen LogP contribution in [-0.4, -0.2) is 44.0 Å². The first-order valence-electron chi connectivity index (χ1n) is 9.17. The highest BCUT2D eigenvalue weighted by Gasteiger charge is 2.21. The maximum atomic E-state index is 12.4. The largest absolute Gasteiger partial charge is 0.496 e. The molecule has 2 aromatic rings. The summed E-state index contributed by atoms with van der Waals surface area (Å²) in [7, 11) is 3.47. The van der Waals surface area contributed by atoms with Crippen molar-refractivity contribution in [3.63, 3.8) is 0 Å². The fraction of sp³-hybridized carbons (Fsp3) is 0.333. The molecule has 0 unspecified atom stereocenters. The van der Waals surface area contributed by atoms with Gasteiger partial charge in [0.1, 0.15) is 5.75 Å². The van der Waals surface area contributed by atoms with Crippen LogP contribution in [0.15, 0.2) is 42.5 Å². The Bertz CT molecular complexity index is 854. The average molecular weight is 402 g/mol. The SMILES string of the molecule is COc1ccc(Cl)cc1CN(C)CC(=O)Nc1ccc(N2CCCC2=O)cc1. The fourth-order valence-electron chi connectivity index (χ4n) is 3.31. The summed E-state index contributed by atoms with van der Waals surface area (Å²) < 4.78 is 5.35. The summed E-state index contributed by atoms with van der Waals surface area (Å²) in [6.45, 7) is 1.51. The first-order chi connectivity index (χ1) is 13.5. The number of hydrogen-bond donors (Lipinski definition) is 1. The van der Waals surface area contributed by atoms with E-state index in [9.17, 15) is 9.59 Å². The molecule has 148 valence electrons. The second-order valence-corrected chi connectivity index (χ2v) is 7.31. The van der Waals surface area contributed by atoms with Gasteiger partial charge in [0.25, 0.3) is 0 Å². The van der Waals surface area contributed by atoms with Crippen LogP contribution in [0.1, 0.15) is 18.4 Å². The number of nitrogens with one attached hydrogen (secondary N) is 1. The first-order valence-corrected chi connectivity index (χ1v) is 9.55. The van der Waals surface area contributed by atoms with Crippen molar-refractivity contribution in [2.45, 2.75) is 19.4 Å². The topological polar surface area (TPSA) is 61.9 Å². The molecule has 2 aromatic carbocycles. The number of nitrogens with zero attached hydrogens (tertiary/aromatic N) is 2. The zero-order chi connectivity index (χ0) is 20.1. The van der Waals surface area contributed by atoms with Crippen molar-refractivity contribution in [1.82, 2.24) is 4.90 Å². The van der Waals surface area contributed by atoms with Gasteiger partial charge < -0.3 is 15.0 Å². The number of benzene rings is 2. The van der Waals surface area contributed by atoms with Crippen LogP contribution in [0.4, 0.5) is 11.4 Å². The Morgan fingerprint density at radius 2 is 2.00 bits per heavy atom. The van der Waals surface area contributed by atoms with E-state index in [0.29, 0.717) is 23.7 Å². The number of hydrogen-bond acceptors (Lipinski definition) is 4. The monoisotopic (exact) mass is 401 g/mol. The zero-order valence-corrected chi connectivity index (χ0v) is 16.8. The summed E-state index contributed by atoms with van der Waals surface area (Å²) in [5, 5.41) is 3.52. The highest BCUT2D eigenvalue weighted by molar-refractivity contribution is 6.30. The predicted molar refractivity (Wildman–Crippen MR) is 111 cm³/mol. The van der Waals surface area contributed by atoms with Gasteiger partial charge in [-0.15, -0.1) is 0 Å². The van der Waals surface area contributed by atoms with E-state index in [0.717, 1.165) is 30.0 Å². The minimum absolute atomic E-state index is 0.117. The zero-order valence-electron chi connectivity index (χ0n) is 16.1. The van der Waals surface area contributed by atoms with Crippen LogP contribution >= 0.6 is 11.6 Å². The van der Waals surface area contributed by atoms with Gasteiger partial charge in [-0.1, -0.05) is 11.6 Å². The lowest BCUT2D eigenvalue weighted by Gasteiger charge is -2.19. The van der Waals surface area contributed by atoms with Crippen LogP contribution in [-0.2, 0) is 16.1 Å². The third kappa shape index (κ3) is 5.03. The van der Waals surface area contributed by atoms with E-state index in [1.807, 2.05) is 48.3 Å². The number of ether oxygens (including phenoxy) is 1. The quantitative estimate of drug-likeness (QED) is 0.770. The summed E-state index contributed by atoms with van der Waals surface area (Å²) in [5.74, 6) is 0.770. The average Bonchev–Trinajstić information content (AvgIpc) is 3.08. The molecule has 7 heteroatoms. The molecule has 1 N–H and O–H groups in total. The first kappa shape index (κ1) is 20.2. The molecule has 0 aromatic heterocycles. The van der Waals surface area contributed by atoms with E-state index in [2.05, 4.69) is 5.32 Å². The highest BCUT2D eigenvalue weighted by atomic mass is 35.5. The Balaban J connectivity index is 1.55. The maximum Gasteiger partial charge on any atom is 0.238 e. The third-order valence-corrected chi connectivity index (χ3v) is 4.87. The third-order valence-electron chi connectivity index (χ3n) is 4.63. The number of methoxy groups -OCH3 is 1. The van der Waals surface area contributed by atoms with Crippen molar-refractivity contribution in [2.75, 3.05) is 37.5 Å². The fourth-order valence-corrected chi connectivity index (χ4v) is 3.50. The van der Waals surface area contributed by atoms with E-state index in [1.54, 1.807) is 18.1 Å². The summed E-state index contributed by atoms with van der Waals surface area (Å²) in [5.41, 5.74) is 2.49. The van der Waals surface area contributed by atoms with E-state index >= 15 is 0 Å². The smallest absolute Gasteiger partial charge is 0.238 e. The second kappa shape index (κ2) is 9.08. The number of carbonyl (C=O) groups excluding carboxylic acids is 2. The molecule has 0 saturated carbocycles. The highest BCUT2D eigenvalue weighted by Crippen LogP contribution is 2.24. The maximum absolute atomic E-state index is 12.4. The molecule has 0 atom stereocenters.